The van der Waals surface area contributed by atoms with Crippen LogP contribution in [0.15, 0.2) is 59.2 Å². The predicted molar refractivity (Wildman–Crippen MR) is 102 cm³/mol. The van der Waals surface area contributed by atoms with Crippen LogP contribution in [0, 0.1) is 0 Å². The van der Waals surface area contributed by atoms with Crippen LogP contribution in [0.1, 0.15) is 30.1 Å². The molecule has 3 heterocycles. The topological polar surface area (TPSA) is 47.7 Å². The summed E-state index contributed by atoms with van der Waals surface area (Å²) in [4.78, 5) is 7.16. The third-order valence-corrected chi connectivity index (χ3v) is 5.25. The lowest BCUT2D eigenvalue weighted by molar-refractivity contribution is 0.170. The summed E-state index contributed by atoms with van der Waals surface area (Å²) < 4.78 is 17.1. The average Bonchev–Trinajstić information content (AvgIpc) is 3.38. The molecule has 2 aromatic carbocycles. The standard InChI is InChI=1S/C22H22N2O3/c1-2-5-16(6-3-1)22-23-18(15-27-22)14-24-10-4-7-19(24)17-8-9-20-21(13-17)26-12-11-25-20/h1-3,5-6,8-9,13,15,19H,4,7,10-12,14H2/t19-/m1/s1. The van der Waals surface area contributed by atoms with Gasteiger partial charge in [-0.3, -0.25) is 4.90 Å². The smallest absolute Gasteiger partial charge is 0.226 e. The van der Waals surface area contributed by atoms with Crippen LogP contribution >= 0.6 is 0 Å². The molecule has 0 unspecified atom stereocenters. The van der Waals surface area contributed by atoms with Gasteiger partial charge in [0.05, 0.1) is 5.69 Å². The molecule has 3 aromatic rings. The maximum Gasteiger partial charge on any atom is 0.226 e. The van der Waals surface area contributed by atoms with Crippen molar-refractivity contribution in [2.24, 2.45) is 0 Å². The molecule has 2 aliphatic rings. The molecule has 1 fully saturated rings. The predicted octanol–water partition coefficient (Wildman–Crippen LogP) is 4.45. The molecule has 0 saturated carbocycles. The van der Waals surface area contributed by atoms with Gasteiger partial charge in [-0.1, -0.05) is 24.3 Å². The van der Waals surface area contributed by atoms with E-state index in [-0.39, 0.29) is 0 Å². The van der Waals surface area contributed by atoms with Crippen molar-refractivity contribution >= 4 is 0 Å². The molecule has 0 spiro atoms. The summed E-state index contributed by atoms with van der Waals surface area (Å²) in [5.74, 6) is 2.39. The summed E-state index contributed by atoms with van der Waals surface area (Å²) in [6, 6.07) is 16.7. The monoisotopic (exact) mass is 362 g/mol. The van der Waals surface area contributed by atoms with Crippen molar-refractivity contribution in [2.45, 2.75) is 25.4 Å². The average molecular weight is 362 g/mol. The minimum Gasteiger partial charge on any atom is -0.486 e. The first-order chi connectivity index (χ1) is 13.4. The first kappa shape index (κ1) is 16.4. The van der Waals surface area contributed by atoms with Gasteiger partial charge in [-0.25, -0.2) is 4.98 Å². The van der Waals surface area contributed by atoms with Crippen molar-refractivity contribution in [1.82, 2.24) is 9.88 Å². The van der Waals surface area contributed by atoms with E-state index in [2.05, 4.69) is 22.0 Å². The minimum atomic E-state index is 0.373. The summed E-state index contributed by atoms with van der Waals surface area (Å²) in [5.41, 5.74) is 3.26. The van der Waals surface area contributed by atoms with E-state index in [1.54, 1.807) is 6.26 Å². The number of rotatable bonds is 4. The SMILES string of the molecule is c1ccc(-c2nc(CN3CCC[C@@H]3c3ccc4c(c3)OCCO4)co2)cc1. The van der Waals surface area contributed by atoms with Gasteiger partial charge >= 0.3 is 0 Å². The van der Waals surface area contributed by atoms with E-state index in [4.69, 9.17) is 13.9 Å². The molecule has 1 aromatic heterocycles. The second-order valence-corrected chi connectivity index (χ2v) is 7.04. The van der Waals surface area contributed by atoms with Gasteiger partial charge in [-0.05, 0) is 49.2 Å². The lowest BCUT2D eigenvalue weighted by atomic mass is 10.0. The molecule has 0 radical (unpaired) electrons. The normalized spacial score (nSPS) is 19.3. The molecule has 1 atom stereocenters. The fraction of sp³-hybridized carbons (Fsp3) is 0.318. The molecule has 0 N–H and O–H groups in total. The van der Waals surface area contributed by atoms with Crippen LogP contribution in [-0.2, 0) is 6.54 Å². The van der Waals surface area contributed by atoms with Crippen LogP contribution < -0.4 is 9.47 Å². The molecule has 5 nitrogen and oxygen atoms in total. The highest BCUT2D eigenvalue weighted by Gasteiger charge is 2.28. The number of benzene rings is 2. The molecular weight excluding hydrogens is 340 g/mol. The zero-order chi connectivity index (χ0) is 18.1. The highest BCUT2D eigenvalue weighted by atomic mass is 16.6. The van der Waals surface area contributed by atoms with Crippen LogP contribution in [0.3, 0.4) is 0 Å². The number of hydrogen-bond donors (Lipinski definition) is 0. The van der Waals surface area contributed by atoms with Crippen LogP contribution in [0.2, 0.25) is 0 Å². The van der Waals surface area contributed by atoms with Gasteiger partial charge in [0.1, 0.15) is 19.5 Å². The highest BCUT2D eigenvalue weighted by molar-refractivity contribution is 5.52. The van der Waals surface area contributed by atoms with E-state index in [1.807, 2.05) is 36.4 Å². The number of aromatic nitrogens is 1. The lowest BCUT2D eigenvalue weighted by Gasteiger charge is -2.25. The summed E-state index contributed by atoms with van der Waals surface area (Å²) >= 11 is 0. The van der Waals surface area contributed by atoms with Crippen molar-refractivity contribution in [3.05, 3.63) is 66.1 Å². The van der Waals surface area contributed by atoms with E-state index >= 15 is 0 Å². The fourth-order valence-electron chi connectivity index (χ4n) is 3.96. The van der Waals surface area contributed by atoms with Crippen LogP contribution in [-0.4, -0.2) is 29.6 Å². The van der Waals surface area contributed by atoms with Crippen molar-refractivity contribution in [3.63, 3.8) is 0 Å². The molecule has 0 aliphatic carbocycles. The zero-order valence-electron chi connectivity index (χ0n) is 15.1. The third-order valence-electron chi connectivity index (χ3n) is 5.25. The van der Waals surface area contributed by atoms with E-state index in [9.17, 15) is 0 Å². The van der Waals surface area contributed by atoms with Crippen molar-refractivity contribution in [1.29, 1.82) is 0 Å². The fourth-order valence-corrected chi connectivity index (χ4v) is 3.96. The van der Waals surface area contributed by atoms with Gasteiger partial charge in [-0.2, -0.15) is 0 Å². The number of hydrogen-bond acceptors (Lipinski definition) is 5. The van der Waals surface area contributed by atoms with Crippen molar-refractivity contribution in [2.75, 3.05) is 19.8 Å². The Labute approximate surface area is 158 Å². The Morgan fingerprint density at radius 3 is 2.74 bits per heavy atom. The molecule has 27 heavy (non-hydrogen) atoms. The molecule has 2 aliphatic heterocycles. The van der Waals surface area contributed by atoms with Crippen LogP contribution in [0.5, 0.6) is 11.5 Å². The quantitative estimate of drug-likeness (QED) is 0.686. The molecular formula is C22H22N2O3. The summed E-state index contributed by atoms with van der Waals surface area (Å²) in [6.07, 6.45) is 4.10. The van der Waals surface area contributed by atoms with Gasteiger partial charge in [-0.15, -0.1) is 0 Å². The van der Waals surface area contributed by atoms with Gasteiger partial charge in [0, 0.05) is 18.2 Å². The number of fused-ring (bicyclic) bond motifs is 1. The Hall–Kier alpha value is -2.79. The maximum absolute atomic E-state index is 5.76. The second kappa shape index (κ2) is 7.08. The summed E-state index contributed by atoms with van der Waals surface area (Å²) in [7, 11) is 0. The first-order valence-electron chi connectivity index (χ1n) is 9.50. The molecule has 5 rings (SSSR count). The van der Waals surface area contributed by atoms with E-state index < -0.39 is 0 Å². The van der Waals surface area contributed by atoms with E-state index in [0.717, 1.165) is 42.3 Å². The molecule has 0 amide bonds. The minimum absolute atomic E-state index is 0.373. The summed E-state index contributed by atoms with van der Waals surface area (Å²) in [5, 5.41) is 0. The first-order valence-corrected chi connectivity index (χ1v) is 9.50. The molecule has 1 saturated heterocycles. The Kier molecular flexibility index (Phi) is 4.30. The maximum atomic E-state index is 5.76. The molecule has 0 bridgehead atoms. The van der Waals surface area contributed by atoms with Crippen LogP contribution in [0.25, 0.3) is 11.5 Å². The molecule has 5 heteroatoms. The second-order valence-electron chi connectivity index (χ2n) is 7.04. The highest BCUT2D eigenvalue weighted by Crippen LogP contribution is 2.38. The summed E-state index contributed by atoms with van der Waals surface area (Å²) in [6.45, 7) is 3.09. The van der Waals surface area contributed by atoms with Crippen molar-refractivity contribution < 1.29 is 13.9 Å². The van der Waals surface area contributed by atoms with Crippen molar-refractivity contribution in [3.8, 4) is 23.0 Å². The lowest BCUT2D eigenvalue weighted by Crippen LogP contribution is -2.23. The zero-order valence-corrected chi connectivity index (χ0v) is 15.1. The van der Waals surface area contributed by atoms with E-state index in [0.29, 0.717) is 25.1 Å². The number of ether oxygens (including phenoxy) is 2. The number of likely N-dealkylation sites (tertiary alicyclic amines) is 1. The Morgan fingerprint density at radius 2 is 1.85 bits per heavy atom. The Balaban J connectivity index is 1.34. The van der Waals surface area contributed by atoms with E-state index in [1.165, 1.54) is 12.0 Å². The Morgan fingerprint density at radius 1 is 1.00 bits per heavy atom. The molecule has 138 valence electrons. The Bertz CT molecular complexity index is 922. The van der Waals surface area contributed by atoms with Gasteiger partial charge < -0.3 is 13.9 Å². The number of nitrogens with zero attached hydrogens (tertiary/aromatic N) is 2. The third kappa shape index (κ3) is 3.30. The number of oxazole rings is 1. The van der Waals surface area contributed by atoms with Gasteiger partial charge in [0.25, 0.3) is 0 Å². The largest absolute Gasteiger partial charge is 0.486 e. The van der Waals surface area contributed by atoms with Crippen LogP contribution in [0.4, 0.5) is 0 Å². The van der Waals surface area contributed by atoms with Gasteiger partial charge in [0.2, 0.25) is 5.89 Å². The van der Waals surface area contributed by atoms with Gasteiger partial charge in [0.15, 0.2) is 11.5 Å².